The Morgan fingerprint density at radius 2 is 2.00 bits per heavy atom. The van der Waals surface area contributed by atoms with Crippen LogP contribution >= 0.6 is 0 Å². The predicted octanol–water partition coefficient (Wildman–Crippen LogP) is 2.74. The largest absolute Gasteiger partial charge is 0.393 e. The summed E-state index contributed by atoms with van der Waals surface area (Å²) >= 11 is 0. The normalized spacial score (nSPS) is 53.5. The Kier molecular flexibility index (Phi) is 3.34. The summed E-state index contributed by atoms with van der Waals surface area (Å²) in [5.41, 5.74) is -0.727. The average Bonchev–Trinajstić information content (AvgIpc) is 2.79. The number of nitriles is 1. The number of carbonyl (C=O) groups is 1. The van der Waals surface area contributed by atoms with Crippen LogP contribution in [-0.2, 0) is 4.79 Å². The van der Waals surface area contributed by atoms with Gasteiger partial charge in [-0.2, -0.15) is 5.26 Å². The van der Waals surface area contributed by atoms with Crippen molar-refractivity contribution in [3.63, 3.8) is 0 Å². The highest BCUT2D eigenvalue weighted by atomic mass is 16.3. The van der Waals surface area contributed by atoms with Gasteiger partial charge in [-0.1, -0.05) is 19.4 Å². The average molecular weight is 329 g/mol. The number of aliphatic hydroxyl groups is 2. The van der Waals surface area contributed by atoms with E-state index in [4.69, 9.17) is 0 Å². The molecule has 2 N–H and O–H groups in total. The third kappa shape index (κ3) is 1.83. The zero-order valence-electron chi connectivity index (χ0n) is 14.6. The van der Waals surface area contributed by atoms with Crippen molar-refractivity contribution >= 4 is 5.78 Å². The Bertz CT molecular complexity index is 664. The molecule has 0 spiro atoms. The number of rotatable bonds is 0. The first kappa shape index (κ1) is 16.3. The summed E-state index contributed by atoms with van der Waals surface area (Å²) < 4.78 is 0. The topological polar surface area (TPSA) is 81.3 Å². The highest BCUT2D eigenvalue weighted by Gasteiger charge is 2.66. The Labute approximate surface area is 143 Å². The fraction of sp³-hybridized carbons (Fsp3) is 0.800. The van der Waals surface area contributed by atoms with E-state index in [2.05, 4.69) is 13.0 Å². The molecular weight excluding hydrogens is 302 g/mol. The first-order valence-corrected chi connectivity index (χ1v) is 9.31. The molecule has 4 nitrogen and oxygen atoms in total. The Morgan fingerprint density at radius 1 is 1.25 bits per heavy atom. The van der Waals surface area contributed by atoms with Crippen LogP contribution in [0.5, 0.6) is 0 Å². The van der Waals surface area contributed by atoms with Crippen LogP contribution in [0.4, 0.5) is 0 Å². The van der Waals surface area contributed by atoms with Gasteiger partial charge in [0, 0.05) is 11.8 Å². The van der Waals surface area contributed by atoms with E-state index >= 15 is 0 Å². The second-order valence-corrected chi connectivity index (χ2v) is 9.09. The number of hydrogen-bond acceptors (Lipinski definition) is 4. The van der Waals surface area contributed by atoms with Gasteiger partial charge in [-0.25, -0.2) is 0 Å². The molecular formula is C20H27NO3. The van der Waals surface area contributed by atoms with Gasteiger partial charge in [-0.15, -0.1) is 0 Å². The number of carbonyl (C=O) groups excluding carboxylic acids is 1. The molecule has 0 heterocycles. The highest BCUT2D eigenvalue weighted by molar-refractivity contribution is 5.91. The molecule has 7 atom stereocenters. The van der Waals surface area contributed by atoms with Crippen LogP contribution in [-0.4, -0.2) is 27.7 Å². The molecule has 4 aliphatic carbocycles. The molecule has 0 aromatic carbocycles. The van der Waals surface area contributed by atoms with Crippen molar-refractivity contribution in [3.05, 3.63) is 11.6 Å². The minimum Gasteiger partial charge on any atom is -0.393 e. The van der Waals surface area contributed by atoms with E-state index in [0.717, 1.165) is 25.7 Å². The molecule has 0 unspecified atom stereocenters. The molecule has 130 valence electrons. The lowest BCUT2D eigenvalue weighted by atomic mass is 9.45. The summed E-state index contributed by atoms with van der Waals surface area (Å²) in [5.74, 6) is 0.975. The molecule has 4 heteroatoms. The number of fused-ring (bicyclic) bond motifs is 5. The smallest absolute Gasteiger partial charge is 0.156 e. The summed E-state index contributed by atoms with van der Waals surface area (Å²) in [6, 6.07) is 2.16. The molecule has 0 saturated heterocycles. The summed E-state index contributed by atoms with van der Waals surface area (Å²) in [5, 5.41) is 31.5. The van der Waals surface area contributed by atoms with E-state index in [0.29, 0.717) is 25.2 Å². The third-order valence-corrected chi connectivity index (χ3v) is 8.23. The zero-order chi connectivity index (χ0) is 17.3. The SMILES string of the molecule is C[C@]12CCC(=O)C=C1CC[C@@H]1[C@H]2[C@@H](O)C[C@@]2(C)[C@@H]1CC[C@]2(O)C#N. The maximum atomic E-state index is 11.9. The van der Waals surface area contributed by atoms with Crippen LogP contribution < -0.4 is 0 Å². The maximum absolute atomic E-state index is 11.9. The summed E-state index contributed by atoms with van der Waals surface area (Å²) in [6.45, 7) is 4.23. The third-order valence-electron chi connectivity index (χ3n) is 8.23. The minimum atomic E-state index is -1.32. The summed E-state index contributed by atoms with van der Waals surface area (Å²) in [7, 11) is 0. The summed E-state index contributed by atoms with van der Waals surface area (Å²) in [6.07, 6.45) is 6.44. The molecule has 3 fully saturated rings. The lowest BCUT2D eigenvalue weighted by Crippen LogP contribution is -2.59. The maximum Gasteiger partial charge on any atom is 0.156 e. The van der Waals surface area contributed by atoms with E-state index in [9.17, 15) is 20.3 Å². The van der Waals surface area contributed by atoms with Gasteiger partial charge >= 0.3 is 0 Å². The van der Waals surface area contributed by atoms with E-state index in [1.165, 1.54) is 5.57 Å². The summed E-state index contributed by atoms with van der Waals surface area (Å²) in [4.78, 5) is 11.9. The molecule has 0 aromatic rings. The molecule has 4 aliphatic rings. The number of aliphatic hydroxyl groups excluding tert-OH is 1. The molecule has 24 heavy (non-hydrogen) atoms. The van der Waals surface area contributed by atoms with Crippen LogP contribution in [0.1, 0.15) is 58.8 Å². The van der Waals surface area contributed by atoms with Crippen molar-refractivity contribution in [1.82, 2.24) is 0 Å². The van der Waals surface area contributed by atoms with Crippen molar-refractivity contribution in [2.75, 3.05) is 0 Å². The van der Waals surface area contributed by atoms with Crippen molar-refractivity contribution in [2.24, 2.45) is 28.6 Å². The number of allylic oxidation sites excluding steroid dienone is 1. The van der Waals surface area contributed by atoms with Crippen molar-refractivity contribution in [2.45, 2.75) is 70.5 Å². The fourth-order valence-electron chi connectivity index (χ4n) is 6.88. The van der Waals surface area contributed by atoms with Gasteiger partial charge < -0.3 is 10.2 Å². The molecule has 0 aliphatic heterocycles. The van der Waals surface area contributed by atoms with Gasteiger partial charge in [0.15, 0.2) is 11.4 Å². The molecule has 0 radical (unpaired) electrons. The number of ketones is 1. The predicted molar refractivity (Wildman–Crippen MR) is 88.7 cm³/mol. The fourth-order valence-corrected chi connectivity index (χ4v) is 6.88. The number of hydrogen-bond donors (Lipinski definition) is 2. The van der Waals surface area contributed by atoms with Crippen LogP contribution in [0, 0.1) is 39.9 Å². The first-order chi connectivity index (χ1) is 11.2. The van der Waals surface area contributed by atoms with Gasteiger partial charge in [0.2, 0.25) is 0 Å². The Morgan fingerprint density at radius 3 is 2.71 bits per heavy atom. The van der Waals surface area contributed by atoms with Crippen LogP contribution in [0.25, 0.3) is 0 Å². The zero-order valence-corrected chi connectivity index (χ0v) is 14.6. The van der Waals surface area contributed by atoms with Gasteiger partial charge in [0.05, 0.1) is 12.2 Å². The molecule has 0 aromatic heterocycles. The van der Waals surface area contributed by atoms with Gasteiger partial charge in [0.1, 0.15) is 0 Å². The van der Waals surface area contributed by atoms with E-state index in [1.54, 1.807) is 0 Å². The minimum absolute atomic E-state index is 0.106. The van der Waals surface area contributed by atoms with Crippen molar-refractivity contribution < 1.29 is 15.0 Å². The first-order valence-electron chi connectivity index (χ1n) is 9.31. The van der Waals surface area contributed by atoms with E-state index < -0.39 is 17.1 Å². The molecule has 0 amide bonds. The second kappa shape index (κ2) is 4.93. The number of nitrogens with zero attached hydrogens (tertiary/aromatic N) is 1. The van der Waals surface area contributed by atoms with Gasteiger partial charge in [-0.3, -0.25) is 4.79 Å². The Balaban J connectivity index is 1.76. The van der Waals surface area contributed by atoms with Crippen molar-refractivity contribution in [3.8, 4) is 6.07 Å². The Hall–Kier alpha value is -1.18. The standard InChI is InChI=1S/C20H27NO3/c1-18-7-5-13(22)9-12(18)3-4-14-15-6-8-20(24,11-21)19(15,2)10-16(23)17(14)18/h9,14-17,23-24H,3-8,10H2,1-2H3/t14-,15+,16-,17-,18-,19-,20-/m0/s1. The lowest BCUT2D eigenvalue weighted by Gasteiger charge is -2.60. The van der Waals surface area contributed by atoms with Crippen LogP contribution in [0.15, 0.2) is 11.6 Å². The van der Waals surface area contributed by atoms with Gasteiger partial charge in [0.25, 0.3) is 0 Å². The molecule has 0 bridgehead atoms. The van der Waals surface area contributed by atoms with Crippen LogP contribution in [0.2, 0.25) is 0 Å². The molecule has 4 rings (SSSR count). The monoisotopic (exact) mass is 329 g/mol. The van der Waals surface area contributed by atoms with Gasteiger partial charge in [-0.05, 0) is 67.8 Å². The van der Waals surface area contributed by atoms with Crippen molar-refractivity contribution in [1.29, 1.82) is 5.26 Å². The highest BCUT2D eigenvalue weighted by Crippen LogP contribution is 2.67. The van der Waals surface area contributed by atoms with E-state index in [-0.39, 0.29) is 23.0 Å². The quantitative estimate of drug-likeness (QED) is 0.670. The lowest BCUT2D eigenvalue weighted by molar-refractivity contribution is -0.156. The second-order valence-electron chi connectivity index (χ2n) is 9.09. The van der Waals surface area contributed by atoms with E-state index in [1.807, 2.05) is 13.0 Å². The van der Waals surface area contributed by atoms with Crippen LogP contribution in [0.3, 0.4) is 0 Å². The molecule has 3 saturated carbocycles.